The quantitative estimate of drug-likeness (QED) is 0.627. The highest BCUT2D eigenvalue weighted by atomic mass is 19.4. The average Bonchev–Trinajstić information content (AvgIpc) is 2.28. The van der Waals surface area contributed by atoms with Gasteiger partial charge in [0.1, 0.15) is 0 Å². The second kappa shape index (κ2) is 6.94. The molecular formula is C11H20F3NO3. The van der Waals surface area contributed by atoms with Gasteiger partial charge in [-0.1, -0.05) is 13.8 Å². The van der Waals surface area contributed by atoms with Crippen LogP contribution >= 0.6 is 0 Å². The number of nitrogens with one attached hydrogen (secondary N) is 1. The Morgan fingerprint density at radius 1 is 1.28 bits per heavy atom. The first-order chi connectivity index (χ1) is 8.22. The van der Waals surface area contributed by atoms with Crippen molar-refractivity contribution >= 4 is 5.97 Å². The molecule has 0 saturated carbocycles. The SMILES string of the molecule is CCC(CC)(CO)CNCC(C(=O)O)C(F)(F)F. The molecule has 0 saturated heterocycles. The first-order valence-electron chi connectivity index (χ1n) is 5.83. The Morgan fingerprint density at radius 3 is 2.06 bits per heavy atom. The van der Waals surface area contributed by atoms with Crippen molar-refractivity contribution in [2.45, 2.75) is 32.9 Å². The molecule has 18 heavy (non-hydrogen) atoms. The number of halogens is 3. The molecule has 0 aromatic heterocycles. The van der Waals surface area contributed by atoms with Gasteiger partial charge in [-0.25, -0.2) is 0 Å². The molecule has 3 N–H and O–H groups in total. The van der Waals surface area contributed by atoms with E-state index in [9.17, 15) is 23.1 Å². The van der Waals surface area contributed by atoms with Gasteiger partial charge in [-0.2, -0.15) is 13.2 Å². The van der Waals surface area contributed by atoms with E-state index in [1.54, 1.807) is 0 Å². The van der Waals surface area contributed by atoms with E-state index in [2.05, 4.69) is 5.32 Å². The summed E-state index contributed by atoms with van der Waals surface area (Å²) in [7, 11) is 0. The number of aliphatic hydroxyl groups excluding tert-OH is 1. The second-order valence-electron chi connectivity index (χ2n) is 4.43. The highest BCUT2D eigenvalue weighted by Gasteiger charge is 2.44. The standard InChI is InChI=1S/C11H20F3NO3/c1-3-10(4-2,7-16)6-15-5-8(9(17)18)11(12,13)14/h8,15-16H,3-7H2,1-2H3,(H,17,18). The van der Waals surface area contributed by atoms with E-state index in [-0.39, 0.29) is 13.2 Å². The van der Waals surface area contributed by atoms with Crippen molar-refractivity contribution in [3.8, 4) is 0 Å². The number of aliphatic carboxylic acids is 1. The van der Waals surface area contributed by atoms with Crippen LogP contribution in [0.25, 0.3) is 0 Å². The topological polar surface area (TPSA) is 69.6 Å². The maximum Gasteiger partial charge on any atom is 0.403 e. The highest BCUT2D eigenvalue weighted by molar-refractivity contribution is 5.71. The molecule has 0 aromatic carbocycles. The summed E-state index contributed by atoms with van der Waals surface area (Å²) in [6, 6.07) is 0. The van der Waals surface area contributed by atoms with Gasteiger partial charge in [0, 0.05) is 25.1 Å². The maximum atomic E-state index is 12.4. The first-order valence-corrected chi connectivity index (χ1v) is 5.83. The molecule has 0 spiro atoms. The summed E-state index contributed by atoms with van der Waals surface area (Å²) < 4.78 is 37.1. The largest absolute Gasteiger partial charge is 0.481 e. The zero-order valence-corrected chi connectivity index (χ0v) is 10.5. The van der Waals surface area contributed by atoms with Crippen LogP contribution in [0.4, 0.5) is 13.2 Å². The minimum atomic E-state index is -4.76. The normalized spacial score (nSPS) is 14.6. The Bertz CT molecular complexity index is 256. The number of rotatable bonds is 8. The van der Waals surface area contributed by atoms with Gasteiger partial charge in [-0.05, 0) is 12.8 Å². The molecule has 0 aliphatic heterocycles. The Kier molecular flexibility index (Phi) is 6.62. The third-order valence-electron chi connectivity index (χ3n) is 3.38. The fourth-order valence-corrected chi connectivity index (χ4v) is 1.60. The van der Waals surface area contributed by atoms with Crippen molar-refractivity contribution in [3.63, 3.8) is 0 Å². The lowest BCUT2D eigenvalue weighted by Gasteiger charge is -2.30. The molecule has 1 unspecified atom stereocenters. The Balaban J connectivity index is 4.43. The van der Waals surface area contributed by atoms with Crippen LogP contribution in [0.1, 0.15) is 26.7 Å². The number of aliphatic hydroxyl groups is 1. The molecule has 0 amide bonds. The molecule has 7 heteroatoms. The predicted molar refractivity (Wildman–Crippen MR) is 60.2 cm³/mol. The summed E-state index contributed by atoms with van der Waals surface area (Å²) in [6.07, 6.45) is -3.55. The van der Waals surface area contributed by atoms with Crippen molar-refractivity contribution < 1.29 is 28.2 Å². The Morgan fingerprint density at radius 2 is 1.78 bits per heavy atom. The van der Waals surface area contributed by atoms with Crippen LogP contribution in [0.3, 0.4) is 0 Å². The minimum Gasteiger partial charge on any atom is -0.481 e. The lowest BCUT2D eigenvalue weighted by atomic mass is 9.83. The highest BCUT2D eigenvalue weighted by Crippen LogP contribution is 2.27. The number of hydrogen-bond acceptors (Lipinski definition) is 3. The third-order valence-corrected chi connectivity index (χ3v) is 3.38. The molecule has 0 aromatic rings. The lowest BCUT2D eigenvalue weighted by molar-refractivity contribution is -0.192. The molecule has 0 bridgehead atoms. The van der Waals surface area contributed by atoms with E-state index < -0.39 is 30.0 Å². The average molecular weight is 271 g/mol. The molecule has 1 atom stereocenters. The first kappa shape index (κ1) is 17.2. The van der Waals surface area contributed by atoms with Crippen LogP contribution < -0.4 is 5.32 Å². The van der Waals surface area contributed by atoms with Crippen molar-refractivity contribution in [2.24, 2.45) is 11.3 Å². The van der Waals surface area contributed by atoms with E-state index in [4.69, 9.17) is 5.11 Å². The number of carbonyl (C=O) groups is 1. The van der Waals surface area contributed by atoms with Gasteiger partial charge in [0.2, 0.25) is 0 Å². The minimum absolute atomic E-state index is 0.142. The van der Waals surface area contributed by atoms with Crippen LogP contribution in [0.5, 0.6) is 0 Å². The van der Waals surface area contributed by atoms with Gasteiger partial charge in [-0.15, -0.1) is 0 Å². The van der Waals surface area contributed by atoms with Crippen LogP contribution in [0.2, 0.25) is 0 Å². The summed E-state index contributed by atoms with van der Waals surface area (Å²) in [4.78, 5) is 10.5. The maximum absolute atomic E-state index is 12.4. The molecular weight excluding hydrogens is 251 g/mol. The summed E-state index contributed by atoms with van der Waals surface area (Å²) in [5.41, 5.74) is -0.491. The van der Waals surface area contributed by atoms with Crippen LogP contribution in [-0.4, -0.2) is 42.1 Å². The molecule has 0 aliphatic carbocycles. The summed E-state index contributed by atoms with van der Waals surface area (Å²) in [5.74, 6) is -4.31. The van der Waals surface area contributed by atoms with Gasteiger partial charge in [0.15, 0.2) is 5.92 Å². The Labute approximate surface area is 104 Å². The summed E-state index contributed by atoms with van der Waals surface area (Å²) in [6.45, 7) is 3.01. The summed E-state index contributed by atoms with van der Waals surface area (Å²) >= 11 is 0. The van der Waals surface area contributed by atoms with Crippen molar-refractivity contribution in [3.05, 3.63) is 0 Å². The van der Waals surface area contributed by atoms with E-state index >= 15 is 0 Å². The molecule has 0 radical (unpaired) electrons. The number of carboxylic acids is 1. The lowest BCUT2D eigenvalue weighted by Crippen LogP contribution is -2.43. The van der Waals surface area contributed by atoms with E-state index in [0.29, 0.717) is 12.8 Å². The molecule has 108 valence electrons. The van der Waals surface area contributed by atoms with Gasteiger partial charge in [0.05, 0.1) is 0 Å². The second-order valence-corrected chi connectivity index (χ2v) is 4.43. The zero-order chi connectivity index (χ0) is 14.4. The number of alkyl halides is 3. The van der Waals surface area contributed by atoms with Crippen LogP contribution in [-0.2, 0) is 4.79 Å². The molecule has 0 heterocycles. The predicted octanol–water partition coefficient (Wildman–Crippen LogP) is 1.64. The summed E-state index contributed by atoms with van der Waals surface area (Å²) in [5, 5.41) is 20.2. The fourth-order valence-electron chi connectivity index (χ4n) is 1.60. The smallest absolute Gasteiger partial charge is 0.403 e. The van der Waals surface area contributed by atoms with Crippen LogP contribution in [0.15, 0.2) is 0 Å². The van der Waals surface area contributed by atoms with E-state index in [1.165, 1.54) is 0 Å². The fraction of sp³-hybridized carbons (Fsp3) is 0.909. The van der Waals surface area contributed by atoms with Crippen LogP contribution in [0, 0.1) is 11.3 Å². The van der Waals surface area contributed by atoms with Gasteiger partial charge < -0.3 is 15.5 Å². The Hall–Kier alpha value is -0.820. The number of carboxylic acid groups (broad SMARTS) is 1. The van der Waals surface area contributed by atoms with E-state index in [1.807, 2.05) is 13.8 Å². The monoisotopic (exact) mass is 271 g/mol. The van der Waals surface area contributed by atoms with Crippen molar-refractivity contribution in [2.75, 3.05) is 19.7 Å². The zero-order valence-electron chi connectivity index (χ0n) is 10.5. The van der Waals surface area contributed by atoms with E-state index in [0.717, 1.165) is 0 Å². The van der Waals surface area contributed by atoms with Crippen molar-refractivity contribution in [1.82, 2.24) is 5.32 Å². The molecule has 4 nitrogen and oxygen atoms in total. The van der Waals surface area contributed by atoms with Gasteiger partial charge in [0.25, 0.3) is 0 Å². The van der Waals surface area contributed by atoms with Gasteiger partial charge >= 0.3 is 12.1 Å². The number of hydrogen-bond donors (Lipinski definition) is 3. The molecule has 0 aliphatic rings. The van der Waals surface area contributed by atoms with Gasteiger partial charge in [-0.3, -0.25) is 4.79 Å². The molecule has 0 fully saturated rings. The molecule has 0 rings (SSSR count). The van der Waals surface area contributed by atoms with Crippen molar-refractivity contribution in [1.29, 1.82) is 0 Å². The third kappa shape index (κ3) is 4.81.